The highest BCUT2D eigenvalue weighted by Crippen LogP contribution is 2.30. The van der Waals surface area contributed by atoms with Gasteiger partial charge in [-0.05, 0) is 24.6 Å². The van der Waals surface area contributed by atoms with E-state index in [1.807, 2.05) is 19.2 Å². The molecular weight excluding hydrogens is 260 g/mol. The molecule has 1 aromatic rings. The van der Waals surface area contributed by atoms with Crippen LogP contribution in [0.1, 0.15) is 19.4 Å². The fourth-order valence-electron chi connectivity index (χ4n) is 2.18. The highest BCUT2D eigenvalue weighted by atomic mass is 35.5. The van der Waals surface area contributed by atoms with Crippen LogP contribution in [0.25, 0.3) is 0 Å². The second-order valence-electron chi connectivity index (χ2n) is 5.11. The minimum absolute atomic E-state index is 0.579. The number of benzene rings is 1. The maximum Gasteiger partial charge on any atom is 0.0642 e. The lowest BCUT2D eigenvalue weighted by atomic mass is 10.1. The Hall–Kier alpha value is -0.770. The van der Waals surface area contributed by atoms with Crippen LogP contribution in [0.15, 0.2) is 18.2 Å². The molecule has 0 saturated heterocycles. The van der Waals surface area contributed by atoms with Crippen molar-refractivity contribution >= 4 is 17.3 Å². The van der Waals surface area contributed by atoms with Crippen molar-refractivity contribution in [2.75, 3.05) is 38.8 Å². The monoisotopic (exact) mass is 284 g/mol. The average molecular weight is 285 g/mol. The van der Waals surface area contributed by atoms with Crippen molar-refractivity contribution in [1.82, 2.24) is 5.32 Å². The lowest BCUT2D eigenvalue weighted by Gasteiger charge is -2.29. The molecule has 0 aliphatic carbocycles. The summed E-state index contributed by atoms with van der Waals surface area (Å²) in [6.07, 6.45) is 0. The smallest absolute Gasteiger partial charge is 0.0642 e. The van der Waals surface area contributed by atoms with Crippen LogP contribution < -0.4 is 10.2 Å². The average Bonchev–Trinajstić information content (AvgIpc) is 2.35. The number of nitrogens with zero attached hydrogens (tertiary/aromatic N) is 1. The molecule has 0 unspecified atom stereocenters. The van der Waals surface area contributed by atoms with E-state index in [2.05, 4.69) is 30.1 Å². The lowest BCUT2D eigenvalue weighted by Crippen LogP contribution is -2.32. The number of methoxy groups -OCH3 is 1. The summed E-state index contributed by atoms with van der Waals surface area (Å²) in [6.45, 7) is 7.79. The van der Waals surface area contributed by atoms with E-state index >= 15 is 0 Å². The highest BCUT2D eigenvalue weighted by molar-refractivity contribution is 6.33. The Bertz CT molecular complexity index is 382. The summed E-state index contributed by atoms with van der Waals surface area (Å²) in [7, 11) is 3.68. The summed E-state index contributed by atoms with van der Waals surface area (Å²) in [6, 6.07) is 6.08. The maximum atomic E-state index is 6.41. The second kappa shape index (κ2) is 8.41. The molecule has 0 spiro atoms. The van der Waals surface area contributed by atoms with Crippen molar-refractivity contribution in [1.29, 1.82) is 0 Å². The van der Waals surface area contributed by atoms with Crippen LogP contribution in [0.3, 0.4) is 0 Å². The van der Waals surface area contributed by atoms with Gasteiger partial charge in [-0.2, -0.15) is 0 Å². The van der Waals surface area contributed by atoms with Gasteiger partial charge in [0.25, 0.3) is 0 Å². The summed E-state index contributed by atoms with van der Waals surface area (Å²) in [5.41, 5.74) is 2.36. The Morgan fingerprint density at radius 1 is 1.37 bits per heavy atom. The van der Waals surface area contributed by atoms with Gasteiger partial charge in [0, 0.05) is 26.7 Å². The summed E-state index contributed by atoms with van der Waals surface area (Å²) in [5, 5.41) is 4.01. The highest BCUT2D eigenvalue weighted by Gasteiger charge is 2.15. The molecular formula is C15H25ClN2O. The van der Waals surface area contributed by atoms with E-state index < -0.39 is 0 Å². The van der Waals surface area contributed by atoms with Crippen molar-refractivity contribution in [2.45, 2.75) is 20.4 Å². The quantitative estimate of drug-likeness (QED) is 0.794. The molecule has 0 aliphatic rings. The van der Waals surface area contributed by atoms with E-state index in [9.17, 15) is 0 Å². The largest absolute Gasteiger partial charge is 0.383 e. The van der Waals surface area contributed by atoms with Crippen molar-refractivity contribution in [3.8, 4) is 0 Å². The van der Waals surface area contributed by atoms with Gasteiger partial charge in [-0.3, -0.25) is 0 Å². The topological polar surface area (TPSA) is 24.5 Å². The molecule has 0 aliphatic heterocycles. The van der Waals surface area contributed by atoms with E-state index in [0.29, 0.717) is 12.5 Å². The summed E-state index contributed by atoms with van der Waals surface area (Å²) in [4.78, 5) is 2.32. The number of hydrogen-bond acceptors (Lipinski definition) is 3. The van der Waals surface area contributed by atoms with Crippen molar-refractivity contribution in [3.63, 3.8) is 0 Å². The van der Waals surface area contributed by atoms with Gasteiger partial charge in [-0.15, -0.1) is 0 Å². The first kappa shape index (κ1) is 16.3. The van der Waals surface area contributed by atoms with Crippen LogP contribution in [-0.2, 0) is 11.3 Å². The summed E-state index contributed by atoms with van der Waals surface area (Å²) < 4.78 is 5.21. The SMILES string of the molecule is CNCc1cccc(Cl)c1N(CCOC)CC(C)C. The summed E-state index contributed by atoms with van der Waals surface area (Å²) >= 11 is 6.41. The van der Waals surface area contributed by atoms with Crippen LogP contribution in [0, 0.1) is 5.92 Å². The molecule has 0 aromatic heterocycles. The van der Waals surface area contributed by atoms with Gasteiger partial charge < -0.3 is 15.0 Å². The minimum Gasteiger partial charge on any atom is -0.383 e. The maximum absolute atomic E-state index is 6.41. The Kier molecular flexibility index (Phi) is 7.21. The number of halogens is 1. The third-order valence-corrected chi connectivity index (χ3v) is 3.21. The van der Waals surface area contributed by atoms with E-state index in [-0.39, 0.29) is 0 Å². The van der Waals surface area contributed by atoms with Crippen LogP contribution in [0.2, 0.25) is 5.02 Å². The van der Waals surface area contributed by atoms with E-state index in [1.165, 1.54) is 5.56 Å². The molecule has 0 fully saturated rings. The van der Waals surface area contributed by atoms with Crippen LogP contribution in [0.4, 0.5) is 5.69 Å². The van der Waals surface area contributed by atoms with Gasteiger partial charge >= 0.3 is 0 Å². The number of para-hydroxylation sites is 1. The molecule has 0 atom stereocenters. The zero-order chi connectivity index (χ0) is 14.3. The molecule has 108 valence electrons. The van der Waals surface area contributed by atoms with E-state index in [0.717, 1.165) is 30.3 Å². The zero-order valence-electron chi connectivity index (χ0n) is 12.4. The molecule has 0 bridgehead atoms. The van der Waals surface area contributed by atoms with Crippen LogP contribution >= 0.6 is 11.6 Å². The second-order valence-corrected chi connectivity index (χ2v) is 5.52. The lowest BCUT2D eigenvalue weighted by molar-refractivity contribution is 0.204. The van der Waals surface area contributed by atoms with Crippen molar-refractivity contribution in [3.05, 3.63) is 28.8 Å². The fourth-order valence-corrected chi connectivity index (χ4v) is 2.50. The Morgan fingerprint density at radius 3 is 2.68 bits per heavy atom. The van der Waals surface area contributed by atoms with Gasteiger partial charge in [0.05, 0.1) is 17.3 Å². The van der Waals surface area contributed by atoms with Gasteiger partial charge in [-0.25, -0.2) is 0 Å². The molecule has 3 nitrogen and oxygen atoms in total. The number of ether oxygens (including phenoxy) is 1. The number of hydrogen-bond donors (Lipinski definition) is 1. The van der Waals surface area contributed by atoms with Gasteiger partial charge in [-0.1, -0.05) is 37.6 Å². The molecule has 1 rings (SSSR count). The Labute approximate surface area is 121 Å². The molecule has 0 heterocycles. The normalized spacial score (nSPS) is 11.1. The standard InChI is InChI=1S/C15H25ClN2O/c1-12(2)11-18(8-9-19-4)15-13(10-17-3)6-5-7-14(15)16/h5-7,12,17H,8-11H2,1-4H3. The van der Waals surface area contributed by atoms with Gasteiger partial charge in [0.15, 0.2) is 0 Å². The van der Waals surface area contributed by atoms with Gasteiger partial charge in [0.2, 0.25) is 0 Å². The van der Waals surface area contributed by atoms with E-state index in [1.54, 1.807) is 7.11 Å². The molecule has 0 saturated carbocycles. The number of rotatable bonds is 8. The first-order valence-corrected chi connectivity index (χ1v) is 7.13. The molecule has 0 amide bonds. The molecule has 1 N–H and O–H groups in total. The number of nitrogens with one attached hydrogen (secondary N) is 1. The zero-order valence-corrected chi connectivity index (χ0v) is 13.1. The van der Waals surface area contributed by atoms with Crippen molar-refractivity contribution in [2.24, 2.45) is 5.92 Å². The Balaban J connectivity index is 3.04. The molecule has 1 aromatic carbocycles. The molecule has 19 heavy (non-hydrogen) atoms. The van der Waals surface area contributed by atoms with Crippen molar-refractivity contribution < 1.29 is 4.74 Å². The first-order valence-electron chi connectivity index (χ1n) is 6.76. The van der Waals surface area contributed by atoms with E-state index in [4.69, 9.17) is 16.3 Å². The predicted octanol–water partition coefficient (Wildman–Crippen LogP) is 3.17. The van der Waals surface area contributed by atoms with Crippen LogP contribution in [0.5, 0.6) is 0 Å². The molecule has 0 radical (unpaired) electrons. The third kappa shape index (κ3) is 5.01. The third-order valence-electron chi connectivity index (χ3n) is 2.90. The Morgan fingerprint density at radius 2 is 2.11 bits per heavy atom. The number of anilines is 1. The summed E-state index contributed by atoms with van der Waals surface area (Å²) in [5.74, 6) is 0.579. The molecule has 4 heteroatoms. The predicted molar refractivity (Wildman–Crippen MR) is 83.1 cm³/mol. The first-order chi connectivity index (χ1) is 9.10. The fraction of sp³-hybridized carbons (Fsp3) is 0.600. The van der Waals surface area contributed by atoms with Crippen LogP contribution in [-0.4, -0.2) is 33.9 Å². The minimum atomic E-state index is 0.579. The van der Waals surface area contributed by atoms with Gasteiger partial charge in [0.1, 0.15) is 0 Å².